The Bertz CT molecular complexity index is 383. The molecule has 0 amide bonds. The summed E-state index contributed by atoms with van der Waals surface area (Å²) in [5.41, 5.74) is 7.22. The number of aliphatic imine (C=N–C) groups is 1. The molecule has 4 heteroatoms. The van der Waals surface area contributed by atoms with Crippen LogP contribution in [-0.4, -0.2) is 11.2 Å². The minimum absolute atomic E-state index is 0.479. The van der Waals surface area contributed by atoms with Gasteiger partial charge in [0.05, 0.1) is 6.04 Å². The predicted molar refractivity (Wildman–Crippen MR) is 79.3 cm³/mol. The lowest BCUT2D eigenvalue weighted by molar-refractivity contribution is 0.708. The number of amidine groups is 1. The molecule has 0 aliphatic heterocycles. The second-order valence-electron chi connectivity index (χ2n) is 4.32. The number of hydrogen-bond acceptors (Lipinski definition) is 2. The Morgan fingerprint density at radius 1 is 1.29 bits per heavy atom. The van der Waals surface area contributed by atoms with E-state index in [2.05, 4.69) is 45.2 Å². The summed E-state index contributed by atoms with van der Waals surface area (Å²) in [6, 6.07) is 8.81. The van der Waals surface area contributed by atoms with Crippen LogP contribution in [0, 0.1) is 0 Å². The Hall–Kier alpha value is -0.480. The van der Waals surface area contributed by atoms with Crippen LogP contribution in [0.15, 0.2) is 33.7 Å². The lowest BCUT2D eigenvalue weighted by Gasteiger charge is -2.05. The summed E-state index contributed by atoms with van der Waals surface area (Å²) >= 11 is 5.06. The molecule has 1 fully saturated rings. The van der Waals surface area contributed by atoms with E-state index in [1.165, 1.54) is 31.2 Å². The van der Waals surface area contributed by atoms with Gasteiger partial charge in [-0.15, -0.1) is 0 Å². The minimum Gasteiger partial charge on any atom is -0.379 e. The molecule has 0 unspecified atom stereocenters. The van der Waals surface area contributed by atoms with E-state index in [0.29, 0.717) is 6.04 Å². The van der Waals surface area contributed by atoms with E-state index in [1.54, 1.807) is 11.8 Å². The first-order chi connectivity index (χ1) is 8.24. The first-order valence-corrected chi connectivity index (χ1v) is 7.72. The normalized spacial score (nSPS) is 17.6. The van der Waals surface area contributed by atoms with Gasteiger partial charge in [-0.1, -0.05) is 52.7 Å². The van der Waals surface area contributed by atoms with Gasteiger partial charge in [-0.2, -0.15) is 0 Å². The van der Waals surface area contributed by atoms with Gasteiger partial charge in [0.15, 0.2) is 5.17 Å². The lowest BCUT2D eigenvalue weighted by Crippen LogP contribution is -2.11. The van der Waals surface area contributed by atoms with Gasteiger partial charge >= 0.3 is 0 Å². The fourth-order valence-corrected chi connectivity index (χ4v) is 2.98. The van der Waals surface area contributed by atoms with E-state index in [4.69, 9.17) is 5.73 Å². The van der Waals surface area contributed by atoms with E-state index >= 15 is 0 Å². The van der Waals surface area contributed by atoms with Crippen LogP contribution in [0.25, 0.3) is 0 Å². The van der Waals surface area contributed by atoms with Crippen LogP contribution in [0.1, 0.15) is 31.2 Å². The molecule has 2 N–H and O–H groups in total. The van der Waals surface area contributed by atoms with Gasteiger partial charge in [-0.05, 0) is 30.5 Å². The largest absolute Gasteiger partial charge is 0.379 e. The number of benzene rings is 1. The van der Waals surface area contributed by atoms with Crippen molar-refractivity contribution in [2.45, 2.75) is 37.5 Å². The summed E-state index contributed by atoms with van der Waals surface area (Å²) in [4.78, 5) is 4.56. The van der Waals surface area contributed by atoms with E-state index in [1.807, 2.05) is 0 Å². The van der Waals surface area contributed by atoms with Crippen LogP contribution in [-0.2, 0) is 5.75 Å². The Balaban J connectivity index is 1.82. The first-order valence-electron chi connectivity index (χ1n) is 5.94. The molecular weight excluding hydrogens is 296 g/mol. The highest BCUT2D eigenvalue weighted by atomic mass is 79.9. The molecule has 0 spiro atoms. The van der Waals surface area contributed by atoms with Crippen LogP contribution in [0.5, 0.6) is 0 Å². The Kier molecular flexibility index (Phi) is 4.92. The molecule has 0 bridgehead atoms. The zero-order valence-electron chi connectivity index (χ0n) is 9.73. The van der Waals surface area contributed by atoms with Gasteiger partial charge < -0.3 is 5.73 Å². The molecule has 1 aromatic carbocycles. The molecule has 0 heterocycles. The van der Waals surface area contributed by atoms with Crippen molar-refractivity contribution in [3.63, 3.8) is 0 Å². The molecule has 0 aromatic heterocycles. The van der Waals surface area contributed by atoms with Crippen molar-refractivity contribution < 1.29 is 0 Å². The number of nitrogens with two attached hydrogens (primary N) is 1. The zero-order valence-corrected chi connectivity index (χ0v) is 12.1. The highest BCUT2D eigenvalue weighted by Gasteiger charge is 2.13. The highest BCUT2D eigenvalue weighted by Crippen LogP contribution is 2.22. The second kappa shape index (κ2) is 6.45. The van der Waals surface area contributed by atoms with E-state index in [9.17, 15) is 0 Å². The molecule has 2 rings (SSSR count). The maximum atomic E-state index is 5.93. The van der Waals surface area contributed by atoms with Crippen LogP contribution in [0.3, 0.4) is 0 Å². The van der Waals surface area contributed by atoms with Crippen LogP contribution in [0.2, 0.25) is 0 Å². The molecule has 0 radical (unpaired) electrons. The third-order valence-electron chi connectivity index (χ3n) is 2.93. The number of thioether (sulfide) groups is 1. The van der Waals surface area contributed by atoms with Gasteiger partial charge in [0.1, 0.15) is 0 Å². The van der Waals surface area contributed by atoms with Gasteiger partial charge in [0, 0.05) is 10.2 Å². The Morgan fingerprint density at radius 2 is 1.94 bits per heavy atom. The van der Waals surface area contributed by atoms with Crippen LogP contribution < -0.4 is 5.73 Å². The monoisotopic (exact) mass is 312 g/mol. The average molecular weight is 313 g/mol. The summed E-state index contributed by atoms with van der Waals surface area (Å²) in [5.74, 6) is 0.898. The van der Waals surface area contributed by atoms with Crippen molar-refractivity contribution in [2.24, 2.45) is 10.7 Å². The smallest absolute Gasteiger partial charge is 0.154 e. The Morgan fingerprint density at radius 3 is 2.59 bits per heavy atom. The lowest BCUT2D eigenvalue weighted by atomic mass is 10.2. The predicted octanol–water partition coefficient (Wildman–Crippen LogP) is 3.94. The van der Waals surface area contributed by atoms with Crippen LogP contribution >= 0.6 is 27.7 Å². The standard InChI is InChI=1S/C13H17BrN2S/c14-11-7-5-10(6-8-11)9-17-13(15)16-12-3-1-2-4-12/h5-8,12H,1-4,9H2,(H2,15,16). The zero-order chi connectivity index (χ0) is 12.1. The average Bonchev–Trinajstić information content (AvgIpc) is 2.81. The van der Waals surface area contributed by atoms with Crippen molar-refractivity contribution >= 4 is 32.9 Å². The summed E-state index contributed by atoms with van der Waals surface area (Å²) in [6.07, 6.45) is 5.02. The van der Waals surface area contributed by atoms with E-state index in [-0.39, 0.29) is 0 Å². The highest BCUT2D eigenvalue weighted by molar-refractivity contribution is 9.10. The summed E-state index contributed by atoms with van der Waals surface area (Å²) < 4.78 is 1.11. The maximum absolute atomic E-state index is 5.93. The molecule has 1 aliphatic carbocycles. The van der Waals surface area contributed by atoms with Crippen molar-refractivity contribution in [2.75, 3.05) is 0 Å². The number of rotatable bonds is 3. The maximum Gasteiger partial charge on any atom is 0.154 e. The second-order valence-corrected chi connectivity index (χ2v) is 6.23. The number of nitrogens with zero attached hydrogens (tertiary/aromatic N) is 1. The topological polar surface area (TPSA) is 38.4 Å². The fourth-order valence-electron chi connectivity index (χ4n) is 1.99. The number of hydrogen-bond donors (Lipinski definition) is 1. The molecule has 92 valence electrons. The molecule has 2 nitrogen and oxygen atoms in total. The summed E-state index contributed by atoms with van der Waals surface area (Å²) in [7, 11) is 0. The molecule has 1 aromatic rings. The molecule has 1 saturated carbocycles. The third-order valence-corrected chi connectivity index (χ3v) is 4.34. The van der Waals surface area contributed by atoms with Crippen molar-refractivity contribution in [1.82, 2.24) is 0 Å². The van der Waals surface area contributed by atoms with Gasteiger partial charge in [0.2, 0.25) is 0 Å². The molecule has 0 saturated heterocycles. The number of halogens is 1. The van der Waals surface area contributed by atoms with Crippen LogP contribution in [0.4, 0.5) is 0 Å². The first kappa shape index (κ1) is 13.0. The van der Waals surface area contributed by atoms with E-state index < -0.39 is 0 Å². The van der Waals surface area contributed by atoms with Gasteiger partial charge in [-0.3, -0.25) is 4.99 Å². The van der Waals surface area contributed by atoms with Crippen molar-refractivity contribution in [3.05, 3.63) is 34.3 Å². The van der Waals surface area contributed by atoms with Gasteiger partial charge in [-0.25, -0.2) is 0 Å². The van der Waals surface area contributed by atoms with Gasteiger partial charge in [0.25, 0.3) is 0 Å². The summed E-state index contributed by atoms with van der Waals surface area (Å²) in [6.45, 7) is 0. The van der Waals surface area contributed by atoms with E-state index in [0.717, 1.165) is 15.4 Å². The summed E-state index contributed by atoms with van der Waals surface area (Å²) in [5, 5.41) is 0.736. The molecule has 1 aliphatic rings. The SMILES string of the molecule is NC(=NC1CCCC1)SCc1ccc(Br)cc1. The molecule has 17 heavy (non-hydrogen) atoms. The van der Waals surface area contributed by atoms with Crippen molar-refractivity contribution in [1.29, 1.82) is 0 Å². The molecular formula is C13H17BrN2S. The molecule has 0 atom stereocenters. The Labute approximate surface area is 115 Å². The van der Waals surface area contributed by atoms with Crippen molar-refractivity contribution in [3.8, 4) is 0 Å². The minimum atomic E-state index is 0.479. The fraction of sp³-hybridized carbons (Fsp3) is 0.462. The third kappa shape index (κ3) is 4.36. The quantitative estimate of drug-likeness (QED) is 0.678.